The molecule has 0 aromatic heterocycles. The molecule has 3 aromatic carbocycles. The van der Waals surface area contributed by atoms with Gasteiger partial charge >= 0.3 is 0 Å². The first-order chi connectivity index (χ1) is 15.0. The van der Waals surface area contributed by atoms with E-state index in [1.54, 1.807) is 7.11 Å². The van der Waals surface area contributed by atoms with Crippen LogP contribution in [0.5, 0.6) is 5.75 Å². The summed E-state index contributed by atoms with van der Waals surface area (Å²) < 4.78 is 17.9. The van der Waals surface area contributed by atoms with Gasteiger partial charge in [0.25, 0.3) is 0 Å². The van der Waals surface area contributed by atoms with Crippen molar-refractivity contribution < 1.29 is 14.2 Å². The van der Waals surface area contributed by atoms with Gasteiger partial charge in [-0.15, -0.1) is 0 Å². The monoisotopic (exact) mass is 413 g/mol. The average molecular weight is 414 g/mol. The maximum atomic E-state index is 6.45. The quantitative estimate of drug-likeness (QED) is 0.536. The van der Waals surface area contributed by atoms with Gasteiger partial charge in [0.05, 0.1) is 26.4 Å². The van der Waals surface area contributed by atoms with Crippen molar-refractivity contribution in [3.63, 3.8) is 0 Å². The number of methoxy groups -OCH3 is 1. The number of benzene rings is 3. The number of rotatable bonds is 3. The molecular formula is C27H27NO3. The lowest BCUT2D eigenvalue weighted by atomic mass is 9.85. The van der Waals surface area contributed by atoms with Crippen LogP contribution < -0.4 is 4.74 Å². The van der Waals surface area contributed by atoms with E-state index in [0.717, 1.165) is 16.9 Å². The molecule has 3 aromatic rings. The minimum absolute atomic E-state index is 0.0862. The van der Waals surface area contributed by atoms with E-state index in [2.05, 4.69) is 59.6 Å². The minimum atomic E-state index is -0.632. The molecule has 2 aliphatic rings. The van der Waals surface area contributed by atoms with Crippen LogP contribution in [0.15, 0.2) is 71.7 Å². The van der Waals surface area contributed by atoms with Gasteiger partial charge in [0.15, 0.2) is 5.79 Å². The van der Waals surface area contributed by atoms with Gasteiger partial charge in [0.2, 0.25) is 0 Å². The van der Waals surface area contributed by atoms with Crippen molar-refractivity contribution in [1.29, 1.82) is 0 Å². The van der Waals surface area contributed by atoms with Crippen LogP contribution in [-0.2, 0) is 16.0 Å². The molecule has 0 aliphatic carbocycles. The van der Waals surface area contributed by atoms with Crippen molar-refractivity contribution in [2.75, 3.05) is 13.7 Å². The summed E-state index contributed by atoms with van der Waals surface area (Å²) >= 11 is 0. The Kier molecular flexibility index (Phi) is 5.12. The summed E-state index contributed by atoms with van der Waals surface area (Å²) in [5, 5.41) is 0. The predicted octanol–water partition coefficient (Wildman–Crippen LogP) is 5.90. The minimum Gasteiger partial charge on any atom is -0.497 e. The maximum Gasteiger partial charge on any atom is 0.163 e. The first-order valence-electron chi connectivity index (χ1n) is 10.7. The normalized spacial score (nSPS) is 21.6. The van der Waals surface area contributed by atoms with Crippen LogP contribution in [-0.4, -0.2) is 25.7 Å². The number of fused-ring (bicyclic) bond motifs is 3. The smallest absolute Gasteiger partial charge is 0.163 e. The van der Waals surface area contributed by atoms with Crippen LogP contribution >= 0.6 is 0 Å². The Bertz CT molecular complexity index is 1120. The topological polar surface area (TPSA) is 40.0 Å². The third-order valence-electron chi connectivity index (χ3n) is 6.14. The molecule has 1 saturated heterocycles. The Morgan fingerprint density at radius 1 is 0.935 bits per heavy atom. The second kappa shape index (κ2) is 7.95. The zero-order valence-corrected chi connectivity index (χ0v) is 18.2. The fourth-order valence-corrected chi connectivity index (χ4v) is 4.48. The van der Waals surface area contributed by atoms with E-state index in [9.17, 15) is 0 Å². The van der Waals surface area contributed by atoms with E-state index in [0.29, 0.717) is 13.2 Å². The second-order valence-electron chi connectivity index (χ2n) is 8.60. The standard InChI is InChI=1S/C27H27NO3/c1-27(2)30-17-25(26(31-27)18-10-12-22(29-3)13-11-18)19-8-9-21-16-28-15-20-6-4-5-7-23(20)24(21)14-19/h4-15,25-26H,16-17H2,1-3H3/t25-,26-/m1/s1. The zero-order chi connectivity index (χ0) is 21.4. The highest BCUT2D eigenvalue weighted by Crippen LogP contribution is 2.44. The van der Waals surface area contributed by atoms with E-state index in [4.69, 9.17) is 14.2 Å². The molecule has 0 spiro atoms. The molecule has 0 N–H and O–H groups in total. The predicted molar refractivity (Wildman–Crippen MR) is 123 cm³/mol. The van der Waals surface area contributed by atoms with Crippen LogP contribution in [0.1, 0.15) is 48.1 Å². The highest BCUT2D eigenvalue weighted by Gasteiger charge is 2.38. The van der Waals surface area contributed by atoms with Crippen LogP contribution in [0.2, 0.25) is 0 Å². The van der Waals surface area contributed by atoms with Crippen molar-refractivity contribution in [1.82, 2.24) is 0 Å². The highest BCUT2D eigenvalue weighted by atomic mass is 16.7. The Balaban J connectivity index is 1.56. The SMILES string of the molecule is COc1ccc([C@H]2OC(C)(C)OC[C@@H]2c2ccc3c(c2)-c2ccccc2C=NC3)cc1. The van der Waals surface area contributed by atoms with Crippen LogP contribution in [0.25, 0.3) is 11.1 Å². The molecule has 158 valence electrons. The number of ether oxygens (including phenoxy) is 3. The summed E-state index contributed by atoms with van der Waals surface area (Å²) in [6, 6.07) is 23.3. The Morgan fingerprint density at radius 3 is 2.52 bits per heavy atom. The largest absolute Gasteiger partial charge is 0.497 e. The molecule has 1 fully saturated rings. The fourth-order valence-electron chi connectivity index (χ4n) is 4.48. The van der Waals surface area contributed by atoms with Crippen molar-refractivity contribution in [3.05, 3.63) is 89.0 Å². The maximum absolute atomic E-state index is 6.45. The van der Waals surface area contributed by atoms with Crippen molar-refractivity contribution >= 4 is 6.21 Å². The lowest BCUT2D eigenvalue weighted by molar-refractivity contribution is -0.283. The van der Waals surface area contributed by atoms with E-state index < -0.39 is 5.79 Å². The molecule has 4 heteroatoms. The van der Waals surface area contributed by atoms with E-state index in [-0.39, 0.29) is 12.0 Å². The number of nitrogens with zero attached hydrogens (tertiary/aromatic N) is 1. The summed E-state index contributed by atoms with van der Waals surface area (Å²) in [5.41, 5.74) is 7.20. The molecular weight excluding hydrogens is 386 g/mol. The van der Waals surface area contributed by atoms with E-state index in [1.165, 1.54) is 22.3 Å². The molecule has 0 saturated carbocycles. The fraction of sp³-hybridized carbons (Fsp3) is 0.296. The van der Waals surface area contributed by atoms with Crippen molar-refractivity contribution in [2.24, 2.45) is 4.99 Å². The van der Waals surface area contributed by atoms with Gasteiger partial charge in [-0.1, -0.05) is 54.6 Å². The Morgan fingerprint density at radius 2 is 1.71 bits per heavy atom. The number of aliphatic imine (C=N–C) groups is 1. The summed E-state index contributed by atoms with van der Waals surface area (Å²) in [7, 11) is 1.68. The van der Waals surface area contributed by atoms with Gasteiger partial charge in [-0.3, -0.25) is 4.99 Å². The second-order valence-corrected chi connectivity index (χ2v) is 8.60. The average Bonchev–Trinajstić information content (AvgIpc) is 2.97. The third-order valence-corrected chi connectivity index (χ3v) is 6.14. The zero-order valence-electron chi connectivity index (χ0n) is 18.2. The van der Waals surface area contributed by atoms with Crippen LogP contribution in [0.3, 0.4) is 0 Å². The van der Waals surface area contributed by atoms with Gasteiger partial charge in [-0.2, -0.15) is 0 Å². The van der Waals surface area contributed by atoms with Gasteiger partial charge < -0.3 is 14.2 Å². The molecule has 2 aliphatic heterocycles. The molecule has 0 radical (unpaired) electrons. The van der Waals surface area contributed by atoms with Crippen molar-refractivity contribution in [3.8, 4) is 16.9 Å². The Hall–Kier alpha value is -2.95. The molecule has 5 rings (SSSR count). The summed E-state index contributed by atoms with van der Waals surface area (Å²) in [4.78, 5) is 4.61. The van der Waals surface area contributed by atoms with E-state index in [1.807, 2.05) is 32.2 Å². The van der Waals surface area contributed by atoms with Gasteiger partial charge in [0, 0.05) is 17.7 Å². The van der Waals surface area contributed by atoms with Crippen LogP contribution in [0, 0.1) is 0 Å². The molecule has 2 heterocycles. The van der Waals surface area contributed by atoms with Crippen molar-refractivity contribution in [2.45, 2.75) is 38.2 Å². The molecule has 31 heavy (non-hydrogen) atoms. The lowest BCUT2D eigenvalue weighted by Crippen LogP contribution is -2.40. The van der Waals surface area contributed by atoms with Crippen LogP contribution in [0.4, 0.5) is 0 Å². The lowest BCUT2D eigenvalue weighted by Gasteiger charge is -2.41. The van der Waals surface area contributed by atoms with Gasteiger partial charge in [-0.25, -0.2) is 0 Å². The Labute approximate surface area is 183 Å². The molecule has 0 unspecified atom stereocenters. The van der Waals surface area contributed by atoms with Gasteiger partial charge in [0.1, 0.15) is 5.75 Å². The molecule has 0 bridgehead atoms. The molecule has 0 amide bonds. The first-order valence-corrected chi connectivity index (χ1v) is 10.7. The highest BCUT2D eigenvalue weighted by molar-refractivity contribution is 5.92. The summed E-state index contributed by atoms with van der Waals surface area (Å²) in [5.74, 6) is 0.295. The van der Waals surface area contributed by atoms with Gasteiger partial charge in [-0.05, 0) is 53.8 Å². The number of hydrogen-bond donors (Lipinski definition) is 0. The molecule has 4 nitrogen and oxygen atoms in total. The first kappa shape index (κ1) is 20.0. The third kappa shape index (κ3) is 3.89. The summed E-state index contributed by atoms with van der Waals surface area (Å²) in [6.45, 7) is 5.24. The molecule has 2 atom stereocenters. The summed E-state index contributed by atoms with van der Waals surface area (Å²) in [6.07, 6.45) is 1.87. The number of hydrogen-bond acceptors (Lipinski definition) is 4. The van der Waals surface area contributed by atoms with E-state index >= 15 is 0 Å².